The van der Waals surface area contributed by atoms with E-state index in [9.17, 15) is 8.42 Å². The summed E-state index contributed by atoms with van der Waals surface area (Å²) in [6.45, 7) is 1.69. The second-order valence-corrected chi connectivity index (χ2v) is 5.28. The summed E-state index contributed by atoms with van der Waals surface area (Å²) in [4.78, 5) is 3.95. The number of aromatic nitrogens is 1. The third-order valence-corrected chi connectivity index (χ3v) is 3.79. The Labute approximate surface area is 83.6 Å². The fourth-order valence-corrected chi connectivity index (χ4v) is 2.08. The van der Waals surface area contributed by atoms with Crippen LogP contribution in [0.3, 0.4) is 0 Å². The zero-order valence-corrected chi connectivity index (χ0v) is 9.17. The SMILES string of the molecule is Cc1cc(N)ncc1S(=O)(=O)N(C)C. The lowest BCUT2D eigenvalue weighted by Crippen LogP contribution is -2.23. The standard InChI is InChI=1S/C8H13N3O2S/c1-6-4-8(9)10-5-7(6)14(12,13)11(2)3/h4-5H,1-3H3,(H2,9,10). The number of nitrogens with zero attached hydrogens (tertiary/aromatic N) is 2. The fourth-order valence-electron chi connectivity index (χ4n) is 1.03. The first-order valence-electron chi connectivity index (χ1n) is 4.00. The largest absolute Gasteiger partial charge is 0.384 e. The second-order valence-electron chi connectivity index (χ2n) is 3.16. The first-order chi connectivity index (χ1) is 6.35. The van der Waals surface area contributed by atoms with E-state index in [1.807, 2.05) is 0 Å². The maximum absolute atomic E-state index is 11.7. The van der Waals surface area contributed by atoms with Gasteiger partial charge in [-0.1, -0.05) is 0 Å². The summed E-state index contributed by atoms with van der Waals surface area (Å²) >= 11 is 0. The Balaban J connectivity index is 3.35. The van der Waals surface area contributed by atoms with Crippen molar-refractivity contribution in [3.05, 3.63) is 17.8 Å². The van der Waals surface area contributed by atoms with Crippen LogP contribution in [0, 0.1) is 6.92 Å². The Bertz CT molecular complexity index is 440. The van der Waals surface area contributed by atoms with Crippen LogP contribution in [0.25, 0.3) is 0 Å². The molecule has 5 nitrogen and oxygen atoms in total. The molecule has 14 heavy (non-hydrogen) atoms. The van der Waals surface area contributed by atoms with Gasteiger partial charge in [0.15, 0.2) is 0 Å². The van der Waals surface area contributed by atoms with E-state index in [0.717, 1.165) is 4.31 Å². The first kappa shape index (κ1) is 10.9. The van der Waals surface area contributed by atoms with Gasteiger partial charge in [-0.2, -0.15) is 0 Å². The summed E-state index contributed by atoms with van der Waals surface area (Å²) in [6.07, 6.45) is 1.28. The predicted octanol–water partition coefficient (Wildman–Crippen LogP) is 0.223. The minimum Gasteiger partial charge on any atom is -0.384 e. The highest BCUT2D eigenvalue weighted by Gasteiger charge is 2.19. The van der Waals surface area contributed by atoms with Crippen molar-refractivity contribution in [1.29, 1.82) is 0 Å². The summed E-state index contributed by atoms with van der Waals surface area (Å²) in [7, 11) is -0.454. The van der Waals surface area contributed by atoms with Crippen LogP contribution in [0.1, 0.15) is 5.56 Å². The number of hydrogen-bond donors (Lipinski definition) is 1. The van der Waals surface area contributed by atoms with Crippen LogP contribution < -0.4 is 5.73 Å². The van der Waals surface area contributed by atoms with E-state index < -0.39 is 10.0 Å². The molecule has 0 aliphatic heterocycles. The van der Waals surface area contributed by atoms with Crippen molar-refractivity contribution in [2.24, 2.45) is 0 Å². The molecule has 78 valence electrons. The molecule has 0 atom stereocenters. The van der Waals surface area contributed by atoms with Crippen LogP contribution in [0.2, 0.25) is 0 Å². The lowest BCUT2D eigenvalue weighted by Gasteiger charge is -2.12. The van der Waals surface area contributed by atoms with Crippen LogP contribution in [0.15, 0.2) is 17.2 Å². The number of nitrogens with two attached hydrogens (primary N) is 1. The molecule has 0 saturated carbocycles. The minimum atomic E-state index is -3.41. The van der Waals surface area contributed by atoms with Gasteiger partial charge in [0.1, 0.15) is 10.7 Å². The summed E-state index contributed by atoms with van der Waals surface area (Å²) < 4.78 is 24.6. The van der Waals surface area contributed by atoms with Gasteiger partial charge in [0.2, 0.25) is 10.0 Å². The molecule has 0 unspecified atom stereocenters. The number of aryl methyl sites for hydroxylation is 1. The van der Waals surface area contributed by atoms with Gasteiger partial charge in [0, 0.05) is 20.3 Å². The van der Waals surface area contributed by atoms with Gasteiger partial charge in [-0.05, 0) is 18.6 Å². The van der Waals surface area contributed by atoms with Crippen LogP contribution in [-0.2, 0) is 10.0 Å². The van der Waals surface area contributed by atoms with E-state index in [1.54, 1.807) is 6.92 Å². The van der Waals surface area contributed by atoms with Crippen molar-refractivity contribution < 1.29 is 8.42 Å². The van der Waals surface area contributed by atoms with Crippen LogP contribution in [0.5, 0.6) is 0 Å². The maximum Gasteiger partial charge on any atom is 0.244 e. The Morgan fingerprint density at radius 2 is 2.00 bits per heavy atom. The molecule has 0 spiro atoms. The molecule has 1 heterocycles. The minimum absolute atomic E-state index is 0.191. The Morgan fingerprint density at radius 3 is 2.43 bits per heavy atom. The van der Waals surface area contributed by atoms with E-state index in [4.69, 9.17) is 5.73 Å². The first-order valence-corrected chi connectivity index (χ1v) is 5.44. The van der Waals surface area contributed by atoms with Gasteiger partial charge in [0.05, 0.1) is 0 Å². The highest BCUT2D eigenvalue weighted by molar-refractivity contribution is 7.89. The number of sulfonamides is 1. The molecule has 2 N–H and O–H groups in total. The quantitative estimate of drug-likeness (QED) is 0.765. The van der Waals surface area contributed by atoms with Gasteiger partial charge < -0.3 is 5.73 Å². The van der Waals surface area contributed by atoms with Crippen LogP contribution in [-0.4, -0.2) is 31.8 Å². The van der Waals surface area contributed by atoms with Gasteiger partial charge in [0.25, 0.3) is 0 Å². The monoisotopic (exact) mass is 215 g/mol. The molecular weight excluding hydrogens is 202 g/mol. The molecule has 0 radical (unpaired) electrons. The molecule has 1 aromatic heterocycles. The number of hydrogen-bond acceptors (Lipinski definition) is 4. The van der Waals surface area contributed by atoms with Gasteiger partial charge in [-0.3, -0.25) is 0 Å². The molecule has 0 amide bonds. The topological polar surface area (TPSA) is 76.3 Å². The number of pyridine rings is 1. The van der Waals surface area contributed by atoms with Gasteiger partial charge in [-0.15, -0.1) is 0 Å². The zero-order valence-electron chi connectivity index (χ0n) is 8.35. The maximum atomic E-state index is 11.7. The average Bonchev–Trinajstić information content (AvgIpc) is 2.02. The molecule has 0 aliphatic rings. The molecule has 0 bridgehead atoms. The third-order valence-electron chi connectivity index (χ3n) is 1.84. The van der Waals surface area contributed by atoms with E-state index >= 15 is 0 Å². The molecule has 0 aromatic carbocycles. The average molecular weight is 215 g/mol. The molecule has 1 aromatic rings. The Morgan fingerprint density at radius 1 is 1.43 bits per heavy atom. The summed E-state index contributed by atoms with van der Waals surface area (Å²) in [5.41, 5.74) is 6.03. The van der Waals surface area contributed by atoms with Crippen molar-refractivity contribution in [2.45, 2.75) is 11.8 Å². The van der Waals surface area contributed by atoms with Crippen molar-refractivity contribution in [3.63, 3.8) is 0 Å². The summed E-state index contributed by atoms with van der Waals surface area (Å²) in [5.74, 6) is 0.320. The lowest BCUT2D eigenvalue weighted by atomic mass is 10.3. The van der Waals surface area contributed by atoms with E-state index in [-0.39, 0.29) is 4.90 Å². The zero-order chi connectivity index (χ0) is 10.9. The van der Waals surface area contributed by atoms with Crippen LogP contribution >= 0.6 is 0 Å². The van der Waals surface area contributed by atoms with Crippen molar-refractivity contribution >= 4 is 15.8 Å². The molecule has 1 rings (SSSR count). The molecule has 6 heteroatoms. The van der Waals surface area contributed by atoms with Crippen molar-refractivity contribution in [2.75, 3.05) is 19.8 Å². The summed E-state index contributed by atoms with van der Waals surface area (Å²) in [6, 6.07) is 1.54. The second kappa shape index (κ2) is 3.55. The van der Waals surface area contributed by atoms with E-state index in [0.29, 0.717) is 11.4 Å². The Kier molecular flexibility index (Phi) is 2.77. The van der Waals surface area contributed by atoms with Gasteiger partial charge >= 0.3 is 0 Å². The molecule has 0 aliphatic carbocycles. The van der Waals surface area contributed by atoms with Gasteiger partial charge in [-0.25, -0.2) is 17.7 Å². The summed E-state index contributed by atoms with van der Waals surface area (Å²) in [5, 5.41) is 0. The smallest absolute Gasteiger partial charge is 0.244 e. The van der Waals surface area contributed by atoms with Crippen LogP contribution in [0.4, 0.5) is 5.82 Å². The molecule has 0 fully saturated rings. The lowest BCUT2D eigenvalue weighted by molar-refractivity contribution is 0.519. The molecule has 0 saturated heterocycles. The van der Waals surface area contributed by atoms with Crippen molar-refractivity contribution in [3.8, 4) is 0 Å². The molecular formula is C8H13N3O2S. The third kappa shape index (κ3) is 1.85. The van der Waals surface area contributed by atoms with E-state index in [1.165, 1.54) is 26.4 Å². The fraction of sp³-hybridized carbons (Fsp3) is 0.375. The van der Waals surface area contributed by atoms with Crippen molar-refractivity contribution in [1.82, 2.24) is 9.29 Å². The Hall–Kier alpha value is -1.14. The predicted molar refractivity (Wildman–Crippen MR) is 54.3 cm³/mol. The highest BCUT2D eigenvalue weighted by atomic mass is 32.2. The normalized spacial score (nSPS) is 12.0. The number of nitrogen functional groups attached to an aromatic ring is 1. The number of anilines is 1. The van der Waals surface area contributed by atoms with E-state index in [2.05, 4.69) is 4.98 Å². The number of rotatable bonds is 2. The highest BCUT2D eigenvalue weighted by Crippen LogP contribution is 2.17.